The quantitative estimate of drug-likeness (QED) is 0.521. The van der Waals surface area contributed by atoms with Crippen molar-refractivity contribution in [2.24, 2.45) is 0 Å². The summed E-state index contributed by atoms with van der Waals surface area (Å²) in [5.41, 5.74) is 1.90. The maximum Gasteiger partial charge on any atom is 0.269 e. The fourth-order valence-corrected chi connectivity index (χ4v) is 5.44. The minimum atomic E-state index is -4.14. The number of hydrogen-bond donors (Lipinski definition) is 1. The zero-order valence-electron chi connectivity index (χ0n) is 19.8. The number of aryl methyl sites for hydroxylation is 1. The lowest BCUT2D eigenvalue weighted by Gasteiger charge is -2.31. The van der Waals surface area contributed by atoms with Crippen LogP contribution in [0.15, 0.2) is 53.4 Å². The lowest BCUT2D eigenvalue weighted by molar-refractivity contribution is -0.141. The highest BCUT2D eigenvalue weighted by molar-refractivity contribution is 7.90. The maximum atomic E-state index is 13.5. The molecule has 1 N–H and O–H groups in total. The minimum Gasteiger partial charge on any atom is -0.354 e. The highest BCUT2D eigenvalue weighted by Crippen LogP contribution is 2.30. The van der Waals surface area contributed by atoms with Gasteiger partial charge in [0.1, 0.15) is 17.5 Å². The molecule has 9 heteroatoms. The van der Waals surface area contributed by atoms with Crippen molar-refractivity contribution < 1.29 is 22.8 Å². The number of unbranched alkanes of at least 4 members (excludes halogenated alkanes) is 1. The summed E-state index contributed by atoms with van der Waals surface area (Å²) in [4.78, 5) is 40.5. The monoisotopic (exact) mass is 485 g/mol. The molecule has 3 amide bonds. The van der Waals surface area contributed by atoms with E-state index < -0.39 is 34.4 Å². The van der Waals surface area contributed by atoms with Crippen LogP contribution in [0.25, 0.3) is 0 Å². The number of rotatable bonds is 10. The van der Waals surface area contributed by atoms with E-state index >= 15 is 0 Å². The Morgan fingerprint density at radius 1 is 1.06 bits per heavy atom. The third-order valence-electron chi connectivity index (χ3n) is 5.88. The highest BCUT2D eigenvalue weighted by atomic mass is 32.2. The Labute approximate surface area is 201 Å². The molecule has 1 aliphatic rings. The lowest BCUT2D eigenvalue weighted by atomic mass is 10.1. The summed E-state index contributed by atoms with van der Waals surface area (Å²) < 4.78 is 26.5. The van der Waals surface area contributed by atoms with E-state index in [1.165, 1.54) is 23.1 Å². The van der Waals surface area contributed by atoms with Crippen LogP contribution in [0.1, 0.15) is 54.6 Å². The van der Waals surface area contributed by atoms with Crippen LogP contribution in [0, 0.1) is 6.92 Å². The number of amides is 3. The molecule has 0 bridgehead atoms. The Kier molecular flexibility index (Phi) is 8.09. The van der Waals surface area contributed by atoms with Gasteiger partial charge in [-0.25, -0.2) is 12.7 Å². The van der Waals surface area contributed by atoms with Crippen molar-refractivity contribution in [3.8, 4) is 0 Å². The first-order valence-electron chi connectivity index (χ1n) is 11.5. The van der Waals surface area contributed by atoms with Gasteiger partial charge in [0.2, 0.25) is 11.8 Å². The van der Waals surface area contributed by atoms with Gasteiger partial charge in [-0.3, -0.25) is 14.4 Å². The zero-order chi connectivity index (χ0) is 24.9. The summed E-state index contributed by atoms with van der Waals surface area (Å²) in [6, 6.07) is 12.6. The molecular weight excluding hydrogens is 454 g/mol. The predicted octanol–water partition coefficient (Wildman–Crippen LogP) is 2.86. The minimum absolute atomic E-state index is 0.0461. The number of carbonyl (C=O) groups excluding carboxylic acids is 3. The molecule has 1 atom stereocenters. The first-order valence-corrected chi connectivity index (χ1v) is 12.9. The molecule has 1 aliphatic heterocycles. The van der Waals surface area contributed by atoms with Crippen molar-refractivity contribution in [1.29, 1.82) is 0 Å². The van der Waals surface area contributed by atoms with Gasteiger partial charge in [0, 0.05) is 13.1 Å². The fraction of sp³-hybridized carbons (Fsp3) is 0.400. The van der Waals surface area contributed by atoms with E-state index in [1.54, 1.807) is 13.0 Å². The van der Waals surface area contributed by atoms with Crippen LogP contribution in [-0.4, -0.2) is 54.5 Å². The van der Waals surface area contributed by atoms with E-state index in [4.69, 9.17) is 0 Å². The first-order chi connectivity index (χ1) is 16.2. The van der Waals surface area contributed by atoms with Crippen LogP contribution in [0.4, 0.5) is 0 Å². The molecular formula is C25H31N3O5S. The largest absolute Gasteiger partial charge is 0.354 e. The number of sulfonamides is 1. The molecule has 0 aliphatic carbocycles. The van der Waals surface area contributed by atoms with Gasteiger partial charge in [-0.1, -0.05) is 62.2 Å². The van der Waals surface area contributed by atoms with Gasteiger partial charge < -0.3 is 10.2 Å². The van der Waals surface area contributed by atoms with E-state index in [0.29, 0.717) is 17.3 Å². The van der Waals surface area contributed by atoms with Gasteiger partial charge in [-0.05, 0) is 37.5 Å². The van der Waals surface area contributed by atoms with Crippen molar-refractivity contribution >= 4 is 27.7 Å². The highest BCUT2D eigenvalue weighted by Gasteiger charge is 2.43. The fourth-order valence-electron chi connectivity index (χ4n) is 3.92. The van der Waals surface area contributed by atoms with Gasteiger partial charge in [0.15, 0.2) is 0 Å². The molecule has 0 radical (unpaired) electrons. The summed E-state index contributed by atoms with van der Waals surface area (Å²) in [7, 11) is -4.14. The molecule has 0 aromatic heterocycles. The van der Waals surface area contributed by atoms with Crippen molar-refractivity contribution in [3.05, 3.63) is 65.2 Å². The summed E-state index contributed by atoms with van der Waals surface area (Å²) in [6.07, 6.45) is 2.07. The van der Waals surface area contributed by atoms with Crippen molar-refractivity contribution in [1.82, 2.24) is 14.5 Å². The Morgan fingerprint density at radius 2 is 1.74 bits per heavy atom. The van der Waals surface area contributed by atoms with Gasteiger partial charge >= 0.3 is 0 Å². The predicted molar refractivity (Wildman–Crippen MR) is 128 cm³/mol. The van der Waals surface area contributed by atoms with E-state index in [0.717, 1.165) is 24.0 Å². The normalized spacial score (nSPS) is 15.0. The Balaban J connectivity index is 1.89. The maximum absolute atomic E-state index is 13.5. The van der Waals surface area contributed by atoms with Crippen molar-refractivity contribution in [3.63, 3.8) is 0 Å². The van der Waals surface area contributed by atoms with Crippen molar-refractivity contribution in [2.75, 3.05) is 13.1 Å². The van der Waals surface area contributed by atoms with Gasteiger partial charge in [0.05, 0.1) is 5.56 Å². The number of hydrogen-bond acceptors (Lipinski definition) is 5. The zero-order valence-corrected chi connectivity index (χ0v) is 20.6. The van der Waals surface area contributed by atoms with E-state index in [9.17, 15) is 22.8 Å². The number of carbonyl (C=O) groups is 3. The van der Waals surface area contributed by atoms with E-state index in [-0.39, 0.29) is 22.9 Å². The topological polar surface area (TPSA) is 104 Å². The molecule has 0 saturated carbocycles. The summed E-state index contributed by atoms with van der Waals surface area (Å²) in [5, 5.41) is 2.87. The molecule has 0 unspecified atom stereocenters. The Bertz CT molecular complexity index is 1160. The molecule has 0 saturated heterocycles. The molecule has 8 nitrogen and oxygen atoms in total. The van der Waals surface area contributed by atoms with Crippen LogP contribution >= 0.6 is 0 Å². The Morgan fingerprint density at radius 3 is 2.35 bits per heavy atom. The molecule has 2 aromatic carbocycles. The second-order valence-electron chi connectivity index (χ2n) is 8.39. The standard InChI is InChI=1S/C25H31N3O5S/c1-4-6-15-26-24(30)21(5-2)27(16-19-13-11-18(3)12-14-19)23(29)17-28-25(31)20-9-7-8-10-22(20)34(28,32)33/h7-14,21H,4-6,15-17H2,1-3H3,(H,26,30)/t21-/m0/s1. The van der Waals surface area contributed by atoms with Crippen LogP contribution in [-0.2, 0) is 26.2 Å². The number of benzene rings is 2. The molecule has 34 heavy (non-hydrogen) atoms. The second kappa shape index (κ2) is 10.8. The van der Waals surface area contributed by atoms with E-state index in [2.05, 4.69) is 5.32 Å². The number of nitrogens with zero attached hydrogens (tertiary/aromatic N) is 2. The SMILES string of the molecule is CCCCNC(=O)[C@H](CC)N(Cc1ccc(C)cc1)C(=O)CN1C(=O)c2ccccc2S1(=O)=O. The first kappa shape index (κ1) is 25.4. The number of nitrogens with one attached hydrogen (secondary N) is 1. The molecule has 182 valence electrons. The molecule has 0 fully saturated rings. The number of fused-ring (bicyclic) bond motifs is 1. The summed E-state index contributed by atoms with van der Waals surface area (Å²) >= 11 is 0. The molecule has 2 aromatic rings. The second-order valence-corrected chi connectivity index (χ2v) is 10.2. The van der Waals surface area contributed by atoms with Crippen LogP contribution in [0.2, 0.25) is 0 Å². The Hall–Kier alpha value is -3.20. The van der Waals surface area contributed by atoms with Gasteiger partial charge in [0.25, 0.3) is 15.9 Å². The van der Waals surface area contributed by atoms with Crippen molar-refractivity contribution in [2.45, 2.75) is 57.5 Å². The summed E-state index contributed by atoms with van der Waals surface area (Å²) in [6.45, 7) is 5.71. The molecule has 0 spiro atoms. The van der Waals surface area contributed by atoms with Crippen LogP contribution in [0.5, 0.6) is 0 Å². The van der Waals surface area contributed by atoms with Gasteiger partial charge in [-0.2, -0.15) is 0 Å². The summed E-state index contributed by atoms with van der Waals surface area (Å²) in [5.74, 6) is -1.64. The van der Waals surface area contributed by atoms with Crippen LogP contribution < -0.4 is 5.32 Å². The lowest BCUT2D eigenvalue weighted by Crippen LogP contribution is -2.52. The third kappa shape index (κ3) is 5.30. The molecule has 1 heterocycles. The van der Waals surface area contributed by atoms with E-state index in [1.807, 2.05) is 38.1 Å². The van der Waals surface area contributed by atoms with Crippen LogP contribution in [0.3, 0.4) is 0 Å². The smallest absolute Gasteiger partial charge is 0.269 e. The van der Waals surface area contributed by atoms with Gasteiger partial charge in [-0.15, -0.1) is 0 Å². The average molecular weight is 486 g/mol. The molecule has 3 rings (SSSR count). The average Bonchev–Trinajstić information content (AvgIpc) is 3.01. The third-order valence-corrected chi connectivity index (χ3v) is 7.67.